The van der Waals surface area contributed by atoms with E-state index in [0.717, 1.165) is 11.1 Å². The Morgan fingerprint density at radius 1 is 1.04 bits per heavy atom. The maximum Gasteiger partial charge on any atom is 0.251 e. The zero-order valence-corrected chi connectivity index (χ0v) is 12.9. The van der Waals surface area contributed by atoms with Crippen LogP contribution in [-0.4, -0.2) is 17.1 Å². The number of rotatable bonds is 1. The van der Waals surface area contributed by atoms with Gasteiger partial charge in [-0.2, -0.15) is 0 Å². The molecule has 0 amide bonds. The number of benzene rings is 2. The standard InChI is InChI=1S/C19H17F3O2/c20-13-4-7-15-16(10-13)24-17-11-18(21,22)8-1-9-19(15,17)12-2-5-14(23)6-3-12/h2-7,10,17,23H,1,8-9,11H2. The summed E-state index contributed by atoms with van der Waals surface area (Å²) in [5.74, 6) is -2.79. The molecule has 2 aromatic rings. The van der Waals surface area contributed by atoms with Gasteiger partial charge in [-0.3, -0.25) is 0 Å². The van der Waals surface area contributed by atoms with Crippen LogP contribution in [0.2, 0.25) is 0 Å². The molecule has 1 fully saturated rings. The van der Waals surface area contributed by atoms with Gasteiger partial charge in [-0.1, -0.05) is 18.2 Å². The molecule has 24 heavy (non-hydrogen) atoms. The number of alkyl halides is 2. The van der Waals surface area contributed by atoms with Crippen molar-refractivity contribution in [2.24, 2.45) is 0 Å². The molecule has 1 N–H and O–H groups in total. The third-order valence-corrected chi connectivity index (χ3v) is 5.22. The van der Waals surface area contributed by atoms with Crippen LogP contribution in [0.4, 0.5) is 13.2 Å². The lowest BCUT2D eigenvalue weighted by Crippen LogP contribution is -2.40. The third-order valence-electron chi connectivity index (χ3n) is 5.22. The summed E-state index contributed by atoms with van der Waals surface area (Å²) >= 11 is 0. The minimum absolute atomic E-state index is 0.115. The molecule has 1 aliphatic carbocycles. The Kier molecular flexibility index (Phi) is 3.31. The zero-order valence-electron chi connectivity index (χ0n) is 12.9. The highest BCUT2D eigenvalue weighted by Gasteiger charge is 2.55. The first-order valence-corrected chi connectivity index (χ1v) is 8.05. The molecule has 0 radical (unpaired) electrons. The maximum absolute atomic E-state index is 14.2. The van der Waals surface area contributed by atoms with Crippen molar-refractivity contribution in [3.8, 4) is 11.5 Å². The first-order chi connectivity index (χ1) is 11.4. The van der Waals surface area contributed by atoms with E-state index in [4.69, 9.17) is 4.74 Å². The Morgan fingerprint density at radius 2 is 1.79 bits per heavy atom. The smallest absolute Gasteiger partial charge is 0.251 e. The van der Waals surface area contributed by atoms with E-state index in [1.165, 1.54) is 12.1 Å². The predicted molar refractivity (Wildman–Crippen MR) is 83.1 cm³/mol. The van der Waals surface area contributed by atoms with Crippen LogP contribution in [0.15, 0.2) is 42.5 Å². The van der Waals surface area contributed by atoms with Crippen LogP contribution in [0, 0.1) is 5.82 Å². The molecule has 0 aromatic heterocycles. The lowest BCUT2D eigenvalue weighted by atomic mass is 9.68. The summed E-state index contributed by atoms with van der Waals surface area (Å²) in [6.45, 7) is 0. The maximum atomic E-state index is 14.2. The number of hydrogen-bond donors (Lipinski definition) is 1. The molecular formula is C19H17F3O2. The topological polar surface area (TPSA) is 29.5 Å². The molecule has 2 aromatic carbocycles. The highest BCUT2D eigenvalue weighted by molar-refractivity contribution is 5.53. The Hall–Kier alpha value is -2.17. The van der Waals surface area contributed by atoms with Crippen LogP contribution in [0.3, 0.4) is 0 Å². The van der Waals surface area contributed by atoms with Crippen molar-refractivity contribution in [3.63, 3.8) is 0 Å². The van der Waals surface area contributed by atoms with E-state index >= 15 is 0 Å². The molecular weight excluding hydrogens is 317 g/mol. The molecule has 2 aliphatic rings. The second-order valence-electron chi connectivity index (χ2n) is 6.68. The highest BCUT2D eigenvalue weighted by Crippen LogP contribution is 2.55. The average molecular weight is 334 g/mol. The van der Waals surface area contributed by atoms with Crippen molar-refractivity contribution < 1.29 is 23.0 Å². The average Bonchev–Trinajstić information content (AvgIpc) is 2.72. The fourth-order valence-corrected chi connectivity index (χ4v) is 4.14. The van der Waals surface area contributed by atoms with Crippen molar-refractivity contribution in [1.82, 2.24) is 0 Å². The van der Waals surface area contributed by atoms with Crippen LogP contribution >= 0.6 is 0 Å². The fraction of sp³-hybridized carbons (Fsp3) is 0.368. The van der Waals surface area contributed by atoms with E-state index in [1.807, 2.05) is 0 Å². The quantitative estimate of drug-likeness (QED) is 0.813. The van der Waals surface area contributed by atoms with Crippen molar-refractivity contribution in [3.05, 3.63) is 59.4 Å². The number of hydrogen-bond acceptors (Lipinski definition) is 2. The monoisotopic (exact) mass is 334 g/mol. The van der Waals surface area contributed by atoms with Crippen molar-refractivity contribution >= 4 is 0 Å². The molecule has 0 spiro atoms. The fourth-order valence-electron chi connectivity index (χ4n) is 4.14. The summed E-state index contributed by atoms with van der Waals surface area (Å²) in [5, 5.41) is 9.56. The number of halogens is 3. The van der Waals surface area contributed by atoms with Gasteiger partial charge in [0.15, 0.2) is 0 Å². The molecule has 126 valence electrons. The molecule has 1 heterocycles. The van der Waals surface area contributed by atoms with E-state index in [0.29, 0.717) is 18.6 Å². The molecule has 1 aliphatic heterocycles. The minimum atomic E-state index is -2.80. The zero-order chi connectivity index (χ0) is 16.9. The van der Waals surface area contributed by atoms with Crippen LogP contribution < -0.4 is 4.74 Å². The first-order valence-electron chi connectivity index (χ1n) is 8.05. The molecule has 1 saturated carbocycles. The highest BCUT2D eigenvalue weighted by atomic mass is 19.3. The van der Waals surface area contributed by atoms with Gasteiger partial charge in [0.2, 0.25) is 0 Å². The Bertz CT molecular complexity index is 773. The summed E-state index contributed by atoms with van der Waals surface area (Å²) in [6.07, 6.45) is -0.481. The summed E-state index contributed by atoms with van der Waals surface area (Å²) < 4.78 is 47.7. The molecule has 2 nitrogen and oxygen atoms in total. The molecule has 0 bridgehead atoms. The Labute approximate surface area is 137 Å². The second-order valence-corrected chi connectivity index (χ2v) is 6.68. The number of phenolic OH excluding ortho intramolecular Hbond substituents is 1. The van der Waals surface area contributed by atoms with Gasteiger partial charge in [0.1, 0.15) is 23.4 Å². The van der Waals surface area contributed by atoms with Gasteiger partial charge in [-0.05, 0) is 36.6 Å². The summed E-state index contributed by atoms with van der Waals surface area (Å²) in [7, 11) is 0. The lowest BCUT2D eigenvalue weighted by molar-refractivity contribution is -0.0402. The molecule has 2 atom stereocenters. The van der Waals surface area contributed by atoms with Gasteiger partial charge < -0.3 is 9.84 Å². The SMILES string of the molecule is Oc1ccc(C23CCCC(F)(F)CC2Oc2cc(F)ccc23)cc1. The van der Waals surface area contributed by atoms with Gasteiger partial charge in [0.05, 0.1) is 5.41 Å². The number of fused-ring (bicyclic) bond motifs is 3. The van der Waals surface area contributed by atoms with E-state index in [1.54, 1.807) is 30.3 Å². The molecule has 0 saturated heterocycles. The van der Waals surface area contributed by atoms with Gasteiger partial charge in [0.25, 0.3) is 5.92 Å². The molecule has 4 rings (SSSR count). The predicted octanol–water partition coefficient (Wildman–Crippen LogP) is 4.79. The van der Waals surface area contributed by atoms with E-state index in [2.05, 4.69) is 0 Å². The van der Waals surface area contributed by atoms with Crippen molar-refractivity contribution in [2.75, 3.05) is 0 Å². The molecule has 2 unspecified atom stereocenters. The summed E-state index contributed by atoms with van der Waals surface area (Å²) in [6, 6.07) is 10.8. The summed E-state index contributed by atoms with van der Waals surface area (Å²) in [5.41, 5.74) is 0.821. The van der Waals surface area contributed by atoms with Crippen molar-refractivity contribution in [2.45, 2.75) is 43.1 Å². The van der Waals surface area contributed by atoms with Gasteiger partial charge in [-0.25, -0.2) is 13.2 Å². The third kappa shape index (κ3) is 2.26. The van der Waals surface area contributed by atoms with Crippen LogP contribution in [-0.2, 0) is 5.41 Å². The largest absolute Gasteiger partial charge is 0.508 e. The van der Waals surface area contributed by atoms with Crippen LogP contribution in [0.1, 0.15) is 36.8 Å². The van der Waals surface area contributed by atoms with Gasteiger partial charge in [-0.15, -0.1) is 0 Å². The van der Waals surface area contributed by atoms with E-state index < -0.39 is 29.7 Å². The summed E-state index contributed by atoms with van der Waals surface area (Å²) in [4.78, 5) is 0. The first kappa shape index (κ1) is 15.4. The van der Waals surface area contributed by atoms with Crippen LogP contribution in [0.5, 0.6) is 11.5 Å². The minimum Gasteiger partial charge on any atom is -0.508 e. The Balaban J connectivity index is 1.92. The van der Waals surface area contributed by atoms with E-state index in [-0.39, 0.29) is 12.2 Å². The van der Waals surface area contributed by atoms with Crippen LogP contribution in [0.25, 0.3) is 0 Å². The molecule has 5 heteroatoms. The van der Waals surface area contributed by atoms with E-state index in [9.17, 15) is 18.3 Å². The number of aromatic hydroxyl groups is 1. The lowest BCUT2D eigenvalue weighted by Gasteiger charge is -2.34. The normalized spacial score (nSPS) is 27.7. The Morgan fingerprint density at radius 3 is 2.54 bits per heavy atom. The van der Waals surface area contributed by atoms with Gasteiger partial charge in [0, 0.05) is 24.5 Å². The van der Waals surface area contributed by atoms with Crippen molar-refractivity contribution in [1.29, 1.82) is 0 Å². The second kappa shape index (κ2) is 5.16. The number of phenols is 1. The van der Waals surface area contributed by atoms with Gasteiger partial charge >= 0.3 is 0 Å². The number of ether oxygens (including phenoxy) is 1.